The van der Waals surface area contributed by atoms with E-state index in [0.29, 0.717) is 0 Å². The third-order valence-electron chi connectivity index (χ3n) is 4.58. The van der Waals surface area contributed by atoms with E-state index in [4.69, 9.17) is 28.0 Å². The van der Waals surface area contributed by atoms with Crippen LogP contribution in [0.2, 0.25) is 0 Å². The zero-order valence-electron chi connectivity index (χ0n) is 19.5. The Morgan fingerprint density at radius 2 is 1.40 bits per heavy atom. The molecule has 0 saturated carbocycles. The minimum absolute atomic E-state index is 0.0332. The number of hydrogen-bond acceptors (Lipinski definition) is 8. The summed E-state index contributed by atoms with van der Waals surface area (Å²) >= 11 is 0. The predicted octanol–water partition coefficient (Wildman–Crippen LogP) is -4.09. The first-order valence-electron chi connectivity index (χ1n) is 10.6. The second-order valence-electron chi connectivity index (χ2n) is 8.01. The number of rotatable bonds is 16. The first-order valence-corrected chi connectivity index (χ1v) is 10.6. The molecular formula is C19H34N8O8. The number of carboxylic acids is 2. The zero-order valence-corrected chi connectivity index (χ0v) is 19.5. The summed E-state index contributed by atoms with van der Waals surface area (Å²) in [6.07, 6.45) is -1.17. The van der Waals surface area contributed by atoms with Gasteiger partial charge in [0.15, 0.2) is 5.96 Å². The molecule has 0 bridgehead atoms. The Hall–Kier alpha value is -3.95. The van der Waals surface area contributed by atoms with E-state index >= 15 is 0 Å². The fraction of sp³-hybridized carbons (Fsp3) is 0.632. The van der Waals surface area contributed by atoms with Gasteiger partial charge >= 0.3 is 11.9 Å². The summed E-state index contributed by atoms with van der Waals surface area (Å²) < 4.78 is 0. The van der Waals surface area contributed by atoms with Crippen LogP contribution >= 0.6 is 0 Å². The molecule has 0 aromatic carbocycles. The largest absolute Gasteiger partial charge is 0.481 e. The van der Waals surface area contributed by atoms with Gasteiger partial charge in [0.25, 0.3) is 0 Å². The van der Waals surface area contributed by atoms with E-state index in [1.165, 1.54) is 0 Å². The molecule has 35 heavy (non-hydrogen) atoms. The highest BCUT2D eigenvalue weighted by molar-refractivity contribution is 5.95. The standard InChI is InChI=1S/C19H34N8O8/c1-8(2)14(27-15(31)9(20)6-13(29)30)17(33)25-10(4-3-5-24-19(22)23)16(32)26-11(18(34)35)7-12(21)28/h8-11,14H,3-7,20H2,1-2H3,(H2,21,28)(H,25,33)(H,26,32)(H,27,31)(H,29,30)(H,34,35)(H4,22,23,24). The lowest BCUT2D eigenvalue weighted by molar-refractivity contribution is -0.143. The van der Waals surface area contributed by atoms with Gasteiger partial charge in [0.1, 0.15) is 18.1 Å². The van der Waals surface area contributed by atoms with Crippen LogP contribution in [0.5, 0.6) is 0 Å². The van der Waals surface area contributed by atoms with Gasteiger partial charge in [-0.25, -0.2) is 4.79 Å². The number of nitrogens with one attached hydrogen (secondary N) is 3. The Kier molecular flexibility index (Phi) is 13.4. The molecular weight excluding hydrogens is 468 g/mol. The van der Waals surface area contributed by atoms with Crippen molar-refractivity contribution in [3.8, 4) is 0 Å². The van der Waals surface area contributed by atoms with Crippen LogP contribution in [-0.4, -0.2) is 82.5 Å². The SMILES string of the molecule is CC(C)C(NC(=O)C(N)CC(=O)O)C(=O)NC(CCCN=C(N)N)C(=O)NC(CC(N)=O)C(=O)O. The Balaban J connectivity index is 5.60. The summed E-state index contributed by atoms with van der Waals surface area (Å²) in [5, 5.41) is 24.9. The van der Waals surface area contributed by atoms with E-state index in [1.54, 1.807) is 13.8 Å². The molecule has 0 spiro atoms. The van der Waals surface area contributed by atoms with Crippen molar-refractivity contribution >= 4 is 41.5 Å². The van der Waals surface area contributed by atoms with Gasteiger partial charge in [0, 0.05) is 6.54 Å². The third kappa shape index (κ3) is 12.8. The molecule has 0 aliphatic rings. The average molecular weight is 503 g/mol. The Labute approximate surface area is 201 Å². The maximum absolute atomic E-state index is 12.9. The molecule has 0 radical (unpaired) electrons. The molecule has 0 aliphatic carbocycles. The Morgan fingerprint density at radius 1 is 0.829 bits per heavy atom. The van der Waals surface area contributed by atoms with Crippen molar-refractivity contribution in [1.29, 1.82) is 0 Å². The van der Waals surface area contributed by atoms with Gasteiger partial charge in [-0.15, -0.1) is 0 Å². The molecule has 13 N–H and O–H groups in total. The molecule has 4 atom stereocenters. The first-order chi connectivity index (χ1) is 16.1. The molecule has 4 amide bonds. The molecule has 16 heteroatoms. The van der Waals surface area contributed by atoms with Crippen LogP contribution in [0.1, 0.15) is 39.5 Å². The molecule has 16 nitrogen and oxygen atoms in total. The second-order valence-corrected chi connectivity index (χ2v) is 8.01. The van der Waals surface area contributed by atoms with Crippen LogP contribution in [0.25, 0.3) is 0 Å². The third-order valence-corrected chi connectivity index (χ3v) is 4.58. The van der Waals surface area contributed by atoms with Crippen LogP contribution in [0.4, 0.5) is 0 Å². The van der Waals surface area contributed by atoms with Crippen LogP contribution in [0.15, 0.2) is 4.99 Å². The summed E-state index contributed by atoms with van der Waals surface area (Å²) in [7, 11) is 0. The highest BCUT2D eigenvalue weighted by atomic mass is 16.4. The van der Waals surface area contributed by atoms with E-state index in [0.717, 1.165) is 0 Å². The number of nitrogens with zero attached hydrogens (tertiary/aromatic N) is 1. The number of primary amides is 1. The molecule has 0 heterocycles. The maximum atomic E-state index is 12.9. The van der Waals surface area contributed by atoms with Gasteiger partial charge in [0.05, 0.1) is 18.9 Å². The van der Waals surface area contributed by atoms with Gasteiger partial charge in [-0.2, -0.15) is 0 Å². The van der Waals surface area contributed by atoms with Gasteiger partial charge in [0.2, 0.25) is 23.6 Å². The van der Waals surface area contributed by atoms with E-state index < -0.39 is 78.5 Å². The molecule has 4 unspecified atom stereocenters. The summed E-state index contributed by atoms with van der Waals surface area (Å²) in [5.41, 5.74) is 21.0. The fourth-order valence-electron chi connectivity index (χ4n) is 2.78. The lowest BCUT2D eigenvalue weighted by atomic mass is 10.0. The van der Waals surface area contributed by atoms with Crippen LogP contribution in [0, 0.1) is 5.92 Å². The highest BCUT2D eigenvalue weighted by Crippen LogP contribution is 2.07. The number of hydrogen-bond donors (Lipinski definition) is 9. The Morgan fingerprint density at radius 3 is 1.86 bits per heavy atom. The molecule has 0 rings (SSSR count). The van der Waals surface area contributed by atoms with Gasteiger partial charge in [-0.05, 0) is 18.8 Å². The maximum Gasteiger partial charge on any atom is 0.326 e. The number of guanidine groups is 1. The van der Waals surface area contributed by atoms with Crippen molar-refractivity contribution in [3.63, 3.8) is 0 Å². The van der Waals surface area contributed by atoms with E-state index in [-0.39, 0.29) is 25.3 Å². The van der Waals surface area contributed by atoms with Crippen molar-refractivity contribution in [3.05, 3.63) is 0 Å². The summed E-state index contributed by atoms with van der Waals surface area (Å²) in [4.78, 5) is 74.9. The summed E-state index contributed by atoms with van der Waals surface area (Å²) in [6, 6.07) is -5.54. The average Bonchev–Trinajstić information content (AvgIpc) is 2.71. The number of aliphatic imine (C=N–C) groups is 1. The van der Waals surface area contributed by atoms with Gasteiger partial charge in [-0.1, -0.05) is 13.8 Å². The number of aliphatic carboxylic acids is 2. The first kappa shape index (κ1) is 31.0. The fourth-order valence-corrected chi connectivity index (χ4v) is 2.78. The monoisotopic (exact) mass is 502 g/mol. The molecule has 0 aliphatic heterocycles. The van der Waals surface area contributed by atoms with Crippen LogP contribution in [-0.2, 0) is 28.8 Å². The number of nitrogens with two attached hydrogens (primary N) is 4. The van der Waals surface area contributed by atoms with Crippen molar-refractivity contribution in [1.82, 2.24) is 16.0 Å². The van der Waals surface area contributed by atoms with E-state index in [1.807, 2.05) is 0 Å². The highest BCUT2D eigenvalue weighted by Gasteiger charge is 2.32. The number of carboxylic acid groups (broad SMARTS) is 2. The lowest BCUT2D eigenvalue weighted by Crippen LogP contribution is -2.58. The molecule has 0 aromatic heterocycles. The molecule has 198 valence electrons. The predicted molar refractivity (Wildman–Crippen MR) is 122 cm³/mol. The summed E-state index contributed by atoms with van der Waals surface area (Å²) in [5.74, 6) is -7.09. The summed E-state index contributed by atoms with van der Waals surface area (Å²) in [6.45, 7) is 3.28. The van der Waals surface area contributed by atoms with E-state index in [9.17, 15) is 33.9 Å². The second kappa shape index (κ2) is 15.0. The molecule has 0 saturated heterocycles. The lowest BCUT2D eigenvalue weighted by Gasteiger charge is -2.26. The minimum atomic E-state index is -1.63. The number of amides is 4. The normalized spacial score (nSPS) is 14.1. The van der Waals surface area contributed by atoms with E-state index in [2.05, 4.69) is 20.9 Å². The quantitative estimate of drug-likeness (QED) is 0.0555. The van der Waals surface area contributed by atoms with Gasteiger partial charge in [-0.3, -0.25) is 29.0 Å². The van der Waals surface area contributed by atoms with Crippen LogP contribution in [0.3, 0.4) is 0 Å². The molecule has 0 fully saturated rings. The topological polar surface area (TPSA) is 295 Å². The van der Waals surface area contributed by atoms with Crippen LogP contribution < -0.4 is 38.9 Å². The van der Waals surface area contributed by atoms with Crippen molar-refractivity contribution in [2.45, 2.75) is 63.7 Å². The minimum Gasteiger partial charge on any atom is -0.481 e. The smallest absolute Gasteiger partial charge is 0.326 e. The van der Waals surface area contributed by atoms with Crippen molar-refractivity contribution in [2.75, 3.05) is 6.54 Å². The Bertz CT molecular complexity index is 828. The van der Waals surface area contributed by atoms with Gasteiger partial charge < -0.3 is 49.1 Å². The van der Waals surface area contributed by atoms with Crippen molar-refractivity contribution < 1.29 is 39.0 Å². The number of carbonyl (C=O) groups is 6. The number of carbonyl (C=O) groups excluding carboxylic acids is 4. The van der Waals surface area contributed by atoms with Crippen molar-refractivity contribution in [2.24, 2.45) is 33.8 Å². The zero-order chi connectivity index (χ0) is 27.3. The molecule has 0 aromatic rings.